The van der Waals surface area contributed by atoms with Gasteiger partial charge in [0.1, 0.15) is 5.75 Å². The van der Waals surface area contributed by atoms with E-state index < -0.39 is 10.0 Å². The van der Waals surface area contributed by atoms with Crippen molar-refractivity contribution < 1.29 is 13.2 Å². The molecule has 1 fully saturated rings. The lowest BCUT2D eigenvalue weighted by molar-refractivity contribution is 0.320. The van der Waals surface area contributed by atoms with Crippen molar-refractivity contribution in [1.29, 1.82) is 0 Å². The van der Waals surface area contributed by atoms with Crippen LogP contribution in [0.3, 0.4) is 0 Å². The van der Waals surface area contributed by atoms with Crippen LogP contribution in [0.2, 0.25) is 0 Å². The first-order chi connectivity index (χ1) is 9.04. The smallest absolute Gasteiger partial charge is 0.243 e. The summed E-state index contributed by atoms with van der Waals surface area (Å²) in [7, 11) is -3.39. The molecule has 106 valence electrons. The zero-order chi connectivity index (χ0) is 13.9. The highest BCUT2D eigenvalue weighted by Crippen LogP contribution is 2.22. The molecule has 0 aliphatic carbocycles. The zero-order valence-electron chi connectivity index (χ0n) is 11.1. The van der Waals surface area contributed by atoms with Gasteiger partial charge in [-0.1, -0.05) is 0 Å². The van der Waals surface area contributed by atoms with Crippen molar-refractivity contribution in [2.75, 3.05) is 19.7 Å². The molecule has 1 aliphatic heterocycles. The number of nitrogens with zero attached hydrogens (tertiary/aromatic N) is 1. The Morgan fingerprint density at radius 1 is 1.26 bits per heavy atom. The molecule has 0 amide bonds. The van der Waals surface area contributed by atoms with Crippen molar-refractivity contribution in [2.24, 2.45) is 5.73 Å². The molecule has 0 bridgehead atoms. The monoisotopic (exact) mass is 284 g/mol. The van der Waals surface area contributed by atoms with Crippen LogP contribution in [0.5, 0.6) is 5.75 Å². The number of piperidine rings is 1. The summed E-state index contributed by atoms with van der Waals surface area (Å²) < 4.78 is 31.6. The molecule has 19 heavy (non-hydrogen) atoms. The van der Waals surface area contributed by atoms with Crippen molar-refractivity contribution >= 4 is 10.0 Å². The Bertz CT molecular complexity index is 505. The molecule has 0 saturated carbocycles. The van der Waals surface area contributed by atoms with Crippen LogP contribution >= 0.6 is 0 Å². The van der Waals surface area contributed by atoms with Crippen LogP contribution < -0.4 is 10.5 Å². The summed E-state index contributed by atoms with van der Waals surface area (Å²) >= 11 is 0. The Kier molecular flexibility index (Phi) is 4.44. The van der Waals surface area contributed by atoms with E-state index in [0.29, 0.717) is 30.3 Å². The zero-order valence-corrected chi connectivity index (χ0v) is 11.9. The summed E-state index contributed by atoms with van der Waals surface area (Å²) in [6.07, 6.45) is 1.44. The van der Waals surface area contributed by atoms with Gasteiger partial charge in [0.2, 0.25) is 10.0 Å². The van der Waals surface area contributed by atoms with E-state index in [9.17, 15) is 8.42 Å². The fourth-order valence-electron chi connectivity index (χ4n) is 2.14. The van der Waals surface area contributed by atoms with Gasteiger partial charge in [0.15, 0.2) is 0 Å². The van der Waals surface area contributed by atoms with Crippen LogP contribution in [0, 0.1) is 0 Å². The van der Waals surface area contributed by atoms with Gasteiger partial charge in [0.05, 0.1) is 11.5 Å². The molecule has 1 aromatic rings. The molecular weight excluding hydrogens is 264 g/mol. The third kappa shape index (κ3) is 3.26. The summed E-state index contributed by atoms with van der Waals surface area (Å²) in [6, 6.07) is 6.67. The third-order valence-electron chi connectivity index (χ3n) is 3.27. The molecule has 1 heterocycles. The fraction of sp³-hybridized carbons (Fsp3) is 0.538. The summed E-state index contributed by atoms with van der Waals surface area (Å²) in [5.41, 5.74) is 5.79. The van der Waals surface area contributed by atoms with Crippen LogP contribution in [0.25, 0.3) is 0 Å². The molecule has 5 nitrogen and oxygen atoms in total. The molecule has 2 N–H and O–H groups in total. The lowest BCUT2D eigenvalue weighted by atomic mass is 10.1. The lowest BCUT2D eigenvalue weighted by Crippen LogP contribution is -2.42. The minimum Gasteiger partial charge on any atom is -0.494 e. The third-order valence-corrected chi connectivity index (χ3v) is 5.18. The van der Waals surface area contributed by atoms with Gasteiger partial charge in [-0.25, -0.2) is 8.42 Å². The molecule has 1 saturated heterocycles. The van der Waals surface area contributed by atoms with E-state index in [4.69, 9.17) is 10.5 Å². The number of hydrogen-bond donors (Lipinski definition) is 1. The summed E-state index contributed by atoms with van der Waals surface area (Å²) in [6.45, 7) is 3.45. The van der Waals surface area contributed by atoms with E-state index in [1.807, 2.05) is 6.92 Å². The lowest BCUT2D eigenvalue weighted by Gasteiger charge is -2.29. The SMILES string of the molecule is CCOc1ccc(S(=O)(=O)N2CCC(N)CC2)cc1. The Morgan fingerprint density at radius 2 is 1.84 bits per heavy atom. The first-order valence-corrected chi connectivity index (χ1v) is 7.96. The maximum absolute atomic E-state index is 12.4. The second kappa shape index (κ2) is 5.90. The molecule has 0 spiro atoms. The largest absolute Gasteiger partial charge is 0.494 e. The van der Waals surface area contributed by atoms with Gasteiger partial charge < -0.3 is 10.5 Å². The van der Waals surface area contributed by atoms with Gasteiger partial charge in [-0.15, -0.1) is 0 Å². The second-order valence-electron chi connectivity index (χ2n) is 4.65. The Hall–Kier alpha value is -1.11. The summed E-state index contributed by atoms with van der Waals surface area (Å²) in [4.78, 5) is 0.312. The first kappa shape index (κ1) is 14.3. The van der Waals surface area contributed by atoms with E-state index in [2.05, 4.69) is 0 Å². The topological polar surface area (TPSA) is 72.6 Å². The van der Waals surface area contributed by atoms with Crippen molar-refractivity contribution in [3.05, 3.63) is 24.3 Å². The van der Waals surface area contributed by atoms with Crippen LogP contribution in [-0.2, 0) is 10.0 Å². The molecule has 6 heteroatoms. The minimum atomic E-state index is -3.39. The van der Waals surface area contributed by atoms with E-state index in [0.717, 1.165) is 12.8 Å². The van der Waals surface area contributed by atoms with E-state index in [1.165, 1.54) is 4.31 Å². The number of ether oxygens (including phenoxy) is 1. The molecular formula is C13H20N2O3S. The van der Waals surface area contributed by atoms with Gasteiger partial charge in [-0.3, -0.25) is 0 Å². The molecule has 2 rings (SSSR count). The van der Waals surface area contributed by atoms with Gasteiger partial charge in [0, 0.05) is 19.1 Å². The highest BCUT2D eigenvalue weighted by Gasteiger charge is 2.28. The Morgan fingerprint density at radius 3 is 2.37 bits per heavy atom. The van der Waals surface area contributed by atoms with Crippen LogP contribution in [0.15, 0.2) is 29.2 Å². The van der Waals surface area contributed by atoms with Gasteiger partial charge in [-0.05, 0) is 44.0 Å². The molecule has 0 atom stereocenters. The molecule has 1 aliphatic rings. The van der Waals surface area contributed by atoms with Crippen molar-refractivity contribution in [2.45, 2.75) is 30.7 Å². The normalized spacial score (nSPS) is 18.4. The van der Waals surface area contributed by atoms with Crippen molar-refractivity contribution in [3.8, 4) is 5.75 Å². The number of sulfonamides is 1. The van der Waals surface area contributed by atoms with Crippen molar-refractivity contribution in [1.82, 2.24) is 4.31 Å². The average Bonchev–Trinajstić information content (AvgIpc) is 2.40. The molecule has 0 radical (unpaired) electrons. The number of nitrogens with two attached hydrogens (primary N) is 1. The number of hydrogen-bond acceptors (Lipinski definition) is 4. The second-order valence-corrected chi connectivity index (χ2v) is 6.58. The van der Waals surface area contributed by atoms with Crippen molar-refractivity contribution in [3.63, 3.8) is 0 Å². The van der Waals surface area contributed by atoms with Crippen LogP contribution in [0.4, 0.5) is 0 Å². The summed E-state index contributed by atoms with van der Waals surface area (Å²) in [5.74, 6) is 0.683. The van der Waals surface area contributed by atoms with E-state index >= 15 is 0 Å². The van der Waals surface area contributed by atoms with Gasteiger partial charge in [0.25, 0.3) is 0 Å². The summed E-state index contributed by atoms with van der Waals surface area (Å²) in [5, 5.41) is 0. The quantitative estimate of drug-likeness (QED) is 0.901. The Labute approximate surface area is 114 Å². The van der Waals surface area contributed by atoms with E-state index in [1.54, 1.807) is 24.3 Å². The standard InChI is InChI=1S/C13H20N2O3S/c1-2-18-12-3-5-13(6-4-12)19(16,17)15-9-7-11(14)8-10-15/h3-6,11H,2,7-10,14H2,1H3. The van der Waals surface area contributed by atoms with Gasteiger partial charge >= 0.3 is 0 Å². The predicted molar refractivity (Wildman–Crippen MR) is 73.6 cm³/mol. The van der Waals surface area contributed by atoms with Gasteiger partial charge in [-0.2, -0.15) is 4.31 Å². The predicted octanol–water partition coefficient (Wildman–Crippen LogP) is 1.20. The number of rotatable bonds is 4. The van der Waals surface area contributed by atoms with Crippen LogP contribution in [0.1, 0.15) is 19.8 Å². The fourth-order valence-corrected chi connectivity index (χ4v) is 3.61. The average molecular weight is 284 g/mol. The highest BCUT2D eigenvalue weighted by molar-refractivity contribution is 7.89. The van der Waals surface area contributed by atoms with Crippen LogP contribution in [-0.4, -0.2) is 38.5 Å². The maximum Gasteiger partial charge on any atom is 0.243 e. The highest BCUT2D eigenvalue weighted by atomic mass is 32.2. The molecule has 1 aromatic carbocycles. The Balaban J connectivity index is 2.15. The maximum atomic E-state index is 12.4. The first-order valence-electron chi connectivity index (χ1n) is 6.52. The number of benzene rings is 1. The molecule has 0 aromatic heterocycles. The van der Waals surface area contributed by atoms with E-state index in [-0.39, 0.29) is 6.04 Å². The minimum absolute atomic E-state index is 0.117. The molecule has 0 unspecified atom stereocenters.